The number of anilines is 1. The summed E-state index contributed by atoms with van der Waals surface area (Å²) in [5.41, 5.74) is 11.6. The summed E-state index contributed by atoms with van der Waals surface area (Å²) >= 11 is 0. The third-order valence-electron chi connectivity index (χ3n) is 7.06. The first kappa shape index (κ1) is 26.0. The van der Waals surface area contributed by atoms with Crippen LogP contribution in [0.5, 0.6) is 0 Å². The summed E-state index contributed by atoms with van der Waals surface area (Å²) in [6.45, 7) is 3.80. The number of esters is 1. The number of hydrogen-bond donors (Lipinski definition) is 3. The van der Waals surface area contributed by atoms with E-state index in [-0.39, 0.29) is 35.5 Å². The predicted molar refractivity (Wildman–Crippen MR) is 128 cm³/mol. The van der Waals surface area contributed by atoms with Crippen LogP contribution in [0.15, 0.2) is 18.2 Å². The molecule has 0 radical (unpaired) electrons. The Balaban J connectivity index is 1.75. The first-order valence-electron chi connectivity index (χ1n) is 12.2. The zero-order chi connectivity index (χ0) is 26.3. The van der Waals surface area contributed by atoms with Crippen molar-refractivity contribution in [1.82, 2.24) is 9.78 Å². The number of aromatic nitrogens is 2. The van der Waals surface area contributed by atoms with Gasteiger partial charge in [0.05, 0.1) is 23.8 Å². The van der Waals surface area contributed by atoms with Crippen LogP contribution in [0.3, 0.4) is 0 Å². The summed E-state index contributed by atoms with van der Waals surface area (Å²) in [6.07, 6.45) is -0.603. The summed E-state index contributed by atoms with van der Waals surface area (Å²) in [7, 11) is 0. The Morgan fingerprint density at radius 1 is 1.25 bits per heavy atom. The number of nitrogens with zero attached hydrogens (tertiary/aromatic N) is 2. The van der Waals surface area contributed by atoms with Gasteiger partial charge in [0.2, 0.25) is 0 Å². The molecule has 1 amide bonds. The summed E-state index contributed by atoms with van der Waals surface area (Å²) < 4.78 is 48.3. The smallest absolute Gasteiger partial charge is 0.435 e. The number of carbonyl (C=O) groups is 2. The largest absolute Gasteiger partial charge is 0.459 e. The van der Waals surface area contributed by atoms with Crippen LogP contribution in [0.1, 0.15) is 73.3 Å². The summed E-state index contributed by atoms with van der Waals surface area (Å²) in [5.74, 6) is -1.21. The van der Waals surface area contributed by atoms with Gasteiger partial charge in [0, 0.05) is 16.9 Å². The number of benzene rings is 1. The second-order valence-electron chi connectivity index (χ2n) is 10.4. The van der Waals surface area contributed by atoms with Crippen LogP contribution in [0.4, 0.5) is 18.9 Å². The molecule has 196 valence electrons. The number of nitrogens with one attached hydrogen (secondary N) is 1. The maximum absolute atomic E-state index is 13.8. The molecule has 0 saturated heterocycles. The standard InChI is InChI=1S/C25H32F3N5O3/c1-24(2)10-9-16-19(12-24)33(32-22(16)25(26,27)28)14-7-8-15(23(30)35)18(11-14)31-17-5-3-4-6-20(17)36-21(34)13-29/h7-8,11,17,20,31H,3-6,9-10,12-13,29H2,1-2H3,(H2,30,35)/t17-,20-/m0/s1. The molecule has 5 N–H and O–H groups in total. The highest BCUT2D eigenvalue weighted by atomic mass is 19.4. The van der Waals surface area contributed by atoms with Gasteiger partial charge >= 0.3 is 12.1 Å². The van der Waals surface area contributed by atoms with Crippen LogP contribution in [-0.2, 0) is 28.5 Å². The zero-order valence-electron chi connectivity index (χ0n) is 20.5. The molecule has 2 aliphatic rings. The molecule has 8 nitrogen and oxygen atoms in total. The van der Waals surface area contributed by atoms with E-state index < -0.39 is 29.9 Å². The molecule has 36 heavy (non-hydrogen) atoms. The Kier molecular flexibility index (Phi) is 7.05. The fourth-order valence-electron chi connectivity index (χ4n) is 5.19. The van der Waals surface area contributed by atoms with E-state index in [9.17, 15) is 22.8 Å². The van der Waals surface area contributed by atoms with Crippen molar-refractivity contribution in [2.24, 2.45) is 16.9 Å². The Hall–Kier alpha value is -3.08. The molecule has 0 spiro atoms. The van der Waals surface area contributed by atoms with E-state index in [0.717, 1.165) is 12.8 Å². The third-order valence-corrected chi connectivity index (χ3v) is 7.06. The number of primary amides is 1. The van der Waals surface area contributed by atoms with E-state index >= 15 is 0 Å². The summed E-state index contributed by atoms with van der Waals surface area (Å²) in [4.78, 5) is 24.0. The lowest BCUT2D eigenvalue weighted by molar-refractivity contribution is -0.149. The van der Waals surface area contributed by atoms with Gasteiger partial charge in [-0.2, -0.15) is 18.3 Å². The maximum Gasteiger partial charge on any atom is 0.435 e. The van der Waals surface area contributed by atoms with Crippen molar-refractivity contribution >= 4 is 17.6 Å². The van der Waals surface area contributed by atoms with Gasteiger partial charge in [0.25, 0.3) is 5.91 Å². The molecule has 1 heterocycles. The van der Waals surface area contributed by atoms with E-state index in [1.54, 1.807) is 12.1 Å². The SMILES string of the molecule is CC1(C)CCc2c(C(F)(F)F)nn(-c3ccc(C(N)=O)c(N[C@H]4CCCC[C@@H]4OC(=O)CN)c3)c2C1. The molecule has 1 fully saturated rings. The molecule has 1 aromatic heterocycles. The number of carbonyl (C=O) groups excluding carboxylic acids is 2. The minimum atomic E-state index is -4.58. The van der Waals surface area contributed by atoms with Gasteiger partial charge < -0.3 is 21.5 Å². The summed E-state index contributed by atoms with van der Waals surface area (Å²) in [5, 5.41) is 7.26. The van der Waals surface area contributed by atoms with Crippen molar-refractivity contribution in [3.05, 3.63) is 40.7 Å². The third kappa shape index (κ3) is 5.35. The maximum atomic E-state index is 13.8. The number of nitrogens with two attached hydrogens (primary N) is 2. The van der Waals surface area contributed by atoms with Gasteiger partial charge in [-0.05, 0) is 62.1 Å². The molecule has 0 unspecified atom stereocenters. The minimum absolute atomic E-state index is 0.177. The van der Waals surface area contributed by atoms with Gasteiger partial charge in [-0.25, -0.2) is 4.68 Å². The fourth-order valence-corrected chi connectivity index (χ4v) is 5.19. The average molecular weight is 508 g/mol. The van der Waals surface area contributed by atoms with E-state index in [0.29, 0.717) is 42.8 Å². The van der Waals surface area contributed by atoms with E-state index in [2.05, 4.69) is 10.4 Å². The highest BCUT2D eigenvalue weighted by molar-refractivity contribution is 5.99. The number of alkyl halides is 3. The highest BCUT2D eigenvalue weighted by Gasteiger charge is 2.42. The molecular formula is C25H32F3N5O3. The van der Waals surface area contributed by atoms with Crippen LogP contribution in [-0.4, -0.2) is 40.3 Å². The lowest BCUT2D eigenvalue weighted by Crippen LogP contribution is -2.41. The molecule has 1 aromatic carbocycles. The monoisotopic (exact) mass is 507 g/mol. The zero-order valence-corrected chi connectivity index (χ0v) is 20.5. The van der Waals surface area contributed by atoms with Crippen LogP contribution in [0.2, 0.25) is 0 Å². The van der Waals surface area contributed by atoms with Gasteiger partial charge in [-0.1, -0.05) is 20.3 Å². The Bertz CT molecular complexity index is 1160. The van der Waals surface area contributed by atoms with E-state index in [4.69, 9.17) is 16.2 Å². The quantitative estimate of drug-likeness (QED) is 0.512. The van der Waals surface area contributed by atoms with Crippen molar-refractivity contribution in [1.29, 1.82) is 0 Å². The van der Waals surface area contributed by atoms with Crippen molar-refractivity contribution in [3.8, 4) is 5.69 Å². The normalized spacial score (nSPS) is 21.5. The molecule has 2 aromatic rings. The van der Waals surface area contributed by atoms with Crippen molar-refractivity contribution in [2.75, 3.05) is 11.9 Å². The van der Waals surface area contributed by atoms with Crippen LogP contribution < -0.4 is 16.8 Å². The molecule has 0 aliphatic heterocycles. The summed E-state index contributed by atoms with van der Waals surface area (Å²) in [6, 6.07) is 4.32. The van der Waals surface area contributed by atoms with Crippen molar-refractivity contribution in [3.63, 3.8) is 0 Å². The average Bonchev–Trinajstić information content (AvgIpc) is 3.18. The van der Waals surface area contributed by atoms with Crippen LogP contribution in [0.25, 0.3) is 5.69 Å². The fraction of sp³-hybridized carbons (Fsp3) is 0.560. The molecule has 2 aliphatic carbocycles. The molecule has 1 saturated carbocycles. The molecule has 11 heteroatoms. The number of ether oxygens (including phenoxy) is 1. The second kappa shape index (κ2) is 9.76. The Labute approximate surface area is 207 Å². The predicted octanol–water partition coefficient (Wildman–Crippen LogP) is 3.73. The first-order valence-corrected chi connectivity index (χ1v) is 12.2. The van der Waals surface area contributed by atoms with E-state index in [1.807, 2.05) is 13.8 Å². The lowest BCUT2D eigenvalue weighted by atomic mass is 9.76. The van der Waals surface area contributed by atoms with Crippen LogP contribution >= 0.6 is 0 Å². The van der Waals surface area contributed by atoms with Gasteiger partial charge in [0.1, 0.15) is 6.10 Å². The molecular weight excluding hydrogens is 475 g/mol. The first-order chi connectivity index (χ1) is 16.9. The van der Waals surface area contributed by atoms with Crippen LogP contribution in [0, 0.1) is 5.41 Å². The number of halogens is 3. The Morgan fingerprint density at radius 3 is 2.64 bits per heavy atom. The molecule has 2 atom stereocenters. The van der Waals surface area contributed by atoms with Gasteiger partial charge in [-0.15, -0.1) is 0 Å². The topological polar surface area (TPSA) is 125 Å². The lowest BCUT2D eigenvalue weighted by Gasteiger charge is -2.33. The second-order valence-corrected chi connectivity index (χ2v) is 10.4. The van der Waals surface area contributed by atoms with Crippen molar-refractivity contribution in [2.45, 2.75) is 77.1 Å². The number of amides is 1. The molecule has 0 bridgehead atoms. The number of rotatable bonds is 6. The van der Waals surface area contributed by atoms with Crippen molar-refractivity contribution < 1.29 is 27.5 Å². The van der Waals surface area contributed by atoms with Gasteiger partial charge in [0.15, 0.2) is 5.69 Å². The Morgan fingerprint density at radius 2 is 1.97 bits per heavy atom. The highest BCUT2D eigenvalue weighted by Crippen LogP contribution is 2.42. The number of fused-ring (bicyclic) bond motifs is 1. The molecule has 4 rings (SSSR count). The number of hydrogen-bond acceptors (Lipinski definition) is 6. The minimum Gasteiger partial charge on any atom is -0.459 e. The van der Waals surface area contributed by atoms with E-state index in [1.165, 1.54) is 10.7 Å². The van der Waals surface area contributed by atoms with Gasteiger partial charge in [-0.3, -0.25) is 9.59 Å².